The second-order valence-corrected chi connectivity index (χ2v) is 11.4. The van der Waals surface area contributed by atoms with Crippen LogP contribution >= 0.6 is 0 Å². The molecule has 3 aromatic carbocycles. The summed E-state index contributed by atoms with van der Waals surface area (Å²) in [6.07, 6.45) is 2.97. The largest absolute Gasteiger partial charge is 0.490 e. The summed E-state index contributed by atoms with van der Waals surface area (Å²) in [7, 11) is -3.15. The molecule has 1 amide bonds. The molecular weight excluding hydrogens is 594 g/mol. The van der Waals surface area contributed by atoms with Gasteiger partial charge in [0.25, 0.3) is 10.0 Å². The normalized spacial score (nSPS) is 12.8. The molecule has 14 heteroatoms. The van der Waals surface area contributed by atoms with Crippen molar-refractivity contribution in [2.45, 2.75) is 11.8 Å². The minimum absolute atomic E-state index is 0.0492. The van der Waals surface area contributed by atoms with Crippen LogP contribution in [0.5, 0.6) is 11.6 Å². The lowest BCUT2D eigenvalue weighted by molar-refractivity contribution is -0.114. The van der Waals surface area contributed by atoms with E-state index in [-0.39, 0.29) is 17.5 Å². The maximum absolute atomic E-state index is 14.3. The quantitative estimate of drug-likeness (QED) is 0.250. The molecule has 1 aliphatic rings. The van der Waals surface area contributed by atoms with Gasteiger partial charge in [-0.3, -0.25) is 9.52 Å². The van der Waals surface area contributed by atoms with Crippen molar-refractivity contribution in [2.24, 2.45) is 0 Å². The van der Waals surface area contributed by atoms with E-state index in [2.05, 4.69) is 25.0 Å². The van der Waals surface area contributed by atoms with E-state index in [0.717, 1.165) is 12.1 Å². The van der Waals surface area contributed by atoms with Crippen LogP contribution in [-0.2, 0) is 14.8 Å². The highest BCUT2D eigenvalue weighted by atomic mass is 32.2. The molecule has 0 aliphatic carbocycles. The molecule has 2 N–H and O–H groups in total. The first-order valence-corrected chi connectivity index (χ1v) is 14.7. The highest BCUT2D eigenvalue weighted by molar-refractivity contribution is 7.92. The summed E-state index contributed by atoms with van der Waals surface area (Å²) in [6.45, 7) is 2.28. The second-order valence-electron chi connectivity index (χ2n) is 9.75. The van der Waals surface area contributed by atoms with Gasteiger partial charge in [-0.15, -0.1) is 0 Å². The van der Waals surface area contributed by atoms with Gasteiger partial charge in [0.2, 0.25) is 11.8 Å². The summed E-state index contributed by atoms with van der Waals surface area (Å²) in [5.74, 6) is -1.20. The van der Waals surface area contributed by atoms with E-state index in [1.54, 1.807) is 30.3 Å². The molecule has 0 bridgehead atoms. The Bertz CT molecular complexity index is 2040. The number of nitrogens with one attached hydrogen (secondary N) is 2. The van der Waals surface area contributed by atoms with Gasteiger partial charge in [0.05, 0.1) is 24.9 Å². The summed E-state index contributed by atoms with van der Waals surface area (Å²) in [5.41, 5.74) is 3.08. The molecule has 6 rings (SSSR count). The monoisotopic (exact) mass is 618 g/mol. The first-order chi connectivity index (χ1) is 21.1. The van der Waals surface area contributed by atoms with E-state index in [4.69, 9.17) is 9.47 Å². The van der Waals surface area contributed by atoms with Crippen molar-refractivity contribution < 1.29 is 31.5 Å². The summed E-state index contributed by atoms with van der Waals surface area (Å²) >= 11 is 0. The lowest BCUT2D eigenvalue weighted by Crippen LogP contribution is -2.29. The zero-order valence-corrected chi connectivity index (χ0v) is 24.2. The molecule has 0 unspecified atom stereocenters. The summed E-state index contributed by atoms with van der Waals surface area (Å²) in [4.78, 5) is 26.1. The van der Waals surface area contributed by atoms with E-state index in [9.17, 15) is 22.0 Å². The van der Waals surface area contributed by atoms with E-state index in [1.807, 2.05) is 11.0 Å². The molecular formula is C30H24F2N6O5S. The van der Waals surface area contributed by atoms with Crippen molar-refractivity contribution in [1.82, 2.24) is 15.0 Å². The third kappa shape index (κ3) is 5.54. The molecule has 0 spiro atoms. The van der Waals surface area contributed by atoms with Gasteiger partial charge in [-0.05, 0) is 54.1 Å². The number of hydrogen-bond acceptors (Lipinski definition) is 9. The van der Waals surface area contributed by atoms with Gasteiger partial charge in [0.1, 0.15) is 46.7 Å². The number of fused-ring (bicyclic) bond motifs is 2. The summed E-state index contributed by atoms with van der Waals surface area (Å²) < 4.78 is 67.2. The van der Waals surface area contributed by atoms with Gasteiger partial charge < -0.3 is 19.7 Å². The lowest BCUT2D eigenvalue weighted by Gasteiger charge is -2.31. The molecule has 0 saturated heterocycles. The van der Waals surface area contributed by atoms with E-state index in [0.29, 0.717) is 64.2 Å². The van der Waals surface area contributed by atoms with Crippen LogP contribution in [0, 0.1) is 11.6 Å². The number of carbonyl (C=O) groups excluding carboxylic acids is 1. The number of ether oxygens (including phenoxy) is 2. The summed E-state index contributed by atoms with van der Waals surface area (Å²) in [5, 5.41) is 3.50. The number of methoxy groups -OCH3 is 1. The number of sulfonamides is 1. The number of carbonyl (C=O) groups is 1. The van der Waals surface area contributed by atoms with Crippen LogP contribution in [0.15, 0.2) is 78.1 Å². The number of aromatic nitrogens is 3. The Balaban J connectivity index is 1.40. The topological polar surface area (TPSA) is 136 Å². The van der Waals surface area contributed by atoms with Crippen molar-refractivity contribution >= 4 is 49.7 Å². The first-order valence-electron chi connectivity index (χ1n) is 13.2. The van der Waals surface area contributed by atoms with Crippen molar-refractivity contribution in [1.29, 1.82) is 0 Å². The number of amides is 1. The second kappa shape index (κ2) is 11.4. The molecule has 0 fully saturated rings. The van der Waals surface area contributed by atoms with Crippen LogP contribution in [0.4, 0.5) is 31.7 Å². The molecule has 0 saturated carbocycles. The lowest BCUT2D eigenvalue weighted by atomic mass is 10.0. The number of hydrogen-bond donors (Lipinski definition) is 2. The zero-order chi connectivity index (χ0) is 31.0. The van der Waals surface area contributed by atoms with Crippen molar-refractivity contribution in [3.05, 3.63) is 84.8 Å². The number of nitrogens with zero attached hydrogens (tertiary/aromatic N) is 4. The molecule has 0 atom stereocenters. The van der Waals surface area contributed by atoms with Crippen LogP contribution < -0.4 is 24.4 Å². The number of anilines is 4. The van der Waals surface area contributed by atoms with Gasteiger partial charge >= 0.3 is 0 Å². The van der Waals surface area contributed by atoms with Crippen molar-refractivity contribution in [2.75, 3.05) is 35.2 Å². The van der Waals surface area contributed by atoms with Gasteiger partial charge in [-0.25, -0.2) is 32.2 Å². The number of halogens is 2. The van der Waals surface area contributed by atoms with E-state index < -0.39 is 26.6 Å². The third-order valence-electron chi connectivity index (χ3n) is 6.82. The average Bonchev–Trinajstić information content (AvgIpc) is 2.99. The van der Waals surface area contributed by atoms with Crippen molar-refractivity contribution in [3.8, 4) is 22.8 Å². The Morgan fingerprint density at radius 1 is 1.00 bits per heavy atom. The minimum atomic E-state index is -4.46. The third-order valence-corrected chi connectivity index (χ3v) is 8.22. The van der Waals surface area contributed by atoms with Crippen molar-refractivity contribution in [3.63, 3.8) is 0 Å². The van der Waals surface area contributed by atoms with E-state index >= 15 is 0 Å². The number of benzene rings is 3. The zero-order valence-electron chi connectivity index (χ0n) is 23.3. The Morgan fingerprint density at radius 3 is 2.61 bits per heavy atom. The Labute approximate surface area is 250 Å². The Morgan fingerprint density at radius 2 is 1.84 bits per heavy atom. The van der Waals surface area contributed by atoms with Crippen LogP contribution in [0.25, 0.3) is 22.0 Å². The number of pyridine rings is 1. The fourth-order valence-corrected chi connectivity index (χ4v) is 6.00. The molecule has 5 aromatic rings. The SMILES string of the molecule is COc1ncc(-c2ccc3c(c2)N(c2ncnc4ccc(NC(C)=O)cc24)CCO3)cc1NS(=O)(=O)c1ccc(F)cc1F. The van der Waals surface area contributed by atoms with Crippen LogP contribution in [0.3, 0.4) is 0 Å². The first kappa shape index (κ1) is 28.7. The summed E-state index contributed by atoms with van der Waals surface area (Å²) in [6, 6.07) is 14.5. The number of rotatable bonds is 7. The molecule has 11 nitrogen and oxygen atoms in total. The smallest absolute Gasteiger partial charge is 0.264 e. The Hall–Kier alpha value is -5.37. The van der Waals surface area contributed by atoms with Crippen LogP contribution in [-0.4, -0.2) is 49.5 Å². The van der Waals surface area contributed by atoms with Gasteiger partial charge in [-0.1, -0.05) is 6.07 Å². The van der Waals surface area contributed by atoms with Gasteiger partial charge in [0.15, 0.2) is 0 Å². The Kier molecular flexibility index (Phi) is 7.43. The predicted molar refractivity (Wildman–Crippen MR) is 160 cm³/mol. The molecule has 3 heterocycles. The molecule has 2 aromatic heterocycles. The van der Waals surface area contributed by atoms with Crippen LogP contribution in [0.2, 0.25) is 0 Å². The fraction of sp³-hybridized carbons (Fsp3) is 0.133. The molecule has 0 radical (unpaired) electrons. The average molecular weight is 619 g/mol. The minimum Gasteiger partial charge on any atom is -0.490 e. The highest BCUT2D eigenvalue weighted by Gasteiger charge is 2.25. The standard InChI is InChI=1S/C30H24F2N6O5S/c1-17(39)36-21-5-6-24-22(14-21)29(35-16-34-24)38-9-10-43-27-7-3-18(12-26(27)38)19-11-25(30(42-2)33-15-19)37-44(40,41)28-8-4-20(31)13-23(28)32/h3-8,11-16,37H,9-10H2,1-2H3,(H,36,39). The van der Waals surface area contributed by atoms with Gasteiger partial charge in [-0.2, -0.15) is 0 Å². The highest BCUT2D eigenvalue weighted by Crippen LogP contribution is 2.41. The fourth-order valence-electron chi connectivity index (χ4n) is 4.90. The van der Waals surface area contributed by atoms with Crippen LogP contribution in [0.1, 0.15) is 6.92 Å². The van der Waals surface area contributed by atoms with Gasteiger partial charge in [0, 0.05) is 35.8 Å². The maximum atomic E-state index is 14.3. The molecule has 224 valence electrons. The molecule has 1 aliphatic heterocycles. The van der Waals surface area contributed by atoms with E-state index in [1.165, 1.54) is 32.6 Å². The maximum Gasteiger partial charge on any atom is 0.264 e. The molecule has 44 heavy (non-hydrogen) atoms. The predicted octanol–water partition coefficient (Wildman–Crippen LogP) is 5.27.